The van der Waals surface area contributed by atoms with E-state index in [1.807, 2.05) is 0 Å². The van der Waals surface area contributed by atoms with Crippen LogP contribution >= 0.6 is 8.34 Å². The molecule has 0 aliphatic rings. The first-order valence-electron chi connectivity index (χ1n) is 1.56. The van der Waals surface area contributed by atoms with Crippen LogP contribution in [-0.2, 0) is 0 Å². The molecule has 0 rings (SSSR count). The van der Waals surface area contributed by atoms with Crippen LogP contribution in [0.4, 0.5) is 0 Å². The fraction of sp³-hybridized carbons (Fsp3) is 1.00. The lowest BCUT2D eigenvalue weighted by Gasteiger charge is -1.64. The van der Waals surface area contributed by atoms with Crippen LogP contribution < -0.4 is 0 Å². The lowest BCUT2D eigenvalue weighted by Crippen LogP contribution is -1.57. The molecular weight excluding hydrogens is 64.6 g/mol. The first-order chi connectivity index (χ1) is 1.91. The fourth-order valence-electron chi connectivity index (χ4n) is 0. The highest BCUT2D eigenvalue weighted by Crippen LogP contribution is 1.90. The van der Waals surface area contributed by atoms with E-state index >= 15 is 0 Å². The predicted octanol–water partition coefficient (Wildman–Crippen LogP) is -0.387. The molecule has 0 aromatic carbocycles. The quantitative estimate of drug-likeness (QED) is 0.292. The largest absolute Gasteiger partial charge is 0.199 e. The molecule has 0 aliphatic heterocycles. The lowest BCUT2D eigenvalue weighted by atomic mass is 10.2. The second kappa shape index (κ2) is 3.56. The molecule has 0 heterocycles. The summed E-state index contributed by atoms with van der Waals surface area (Å²) in [6, 6.07) is 0. The van der Waals surface area contributed by atoms with E-state index in [-0.39, 0.29) is 0 Å². The Balaban J connectivity index is 1.97. The van der Waals surface area contributed by atoms with E-state index in [1.54, 1.807) is 0 Å². The summed E-state index contributed by atoms with van der Waals surface area (Å²) in [4.78, 5) is 0. The minimum absolute atomic E-state index is 1.14. The minimum Gasteiger partial charge on any atom is -0.199 e. The van der Waals surface area contributed by atoms with Gasteiger partial charge in [-0.2, -0.15) is 8.34 Å². The first-order valence-corrected chi connectivity index (χ1v) is 3.27. The maximum absolute atomic E-state index is 2.21. The summed E-state index contributed by atoms with van der Waals surface area (Å²) in [6.07, 6.45) is 0. The van der Waals surface area contributed by atoms with E-state index in [4.69, 9.17) is 0 Å². The maximum atomic E-state index is 2.21. The third-order valence-electron chi connectivity index (χ3n) is 0.354. The van der Waals surface area contributed by atoms with Gasteiger partial charge in [-0.25, -0.2) is 0 Å². The van der Waals surface area contributed by atoms with Crippen LogP contribution in [0.25, 0.3) is 0 Å². The normalized spacial score (nSPS) is 9.25. The van der Waals surface area contributed by atoms with Crippen LogP contribution in [0.5, 0.6) is 0 Å². The van der Waals surface area contributed by atoms with E-state index < -0.39 is 0 Å². The molecule has 0 spiro atoms. The third-order valence-corrected chi connectivity index (χ3v) is 1.06. The zero-order valence-electron chi connectivity index (χ0n) is 3.21. The molecule has 0 bridgehead atoms. The van der Waals surface area contributed by atoms with Gasteiger partial charge >= 0.3 is 0 Å². The molecule has 0 nitrogen and oxygen atoms in total. The van der Waals surface area contributed by atoms with Crippen LogP contribution in [0.2, 0.25) is 6.82 Å². The molecule has 0 saturated heterocycles. The Bertz CT molecular complexity index is 8.00. The summed E-state index contributed by atoms with van der Waals surface area (Å²) in [5, 5.41) is 0. The number of hydrogen-bond donors (Lipinski definition) is 0. The summed E-state index contributed by atoms with van der Waals surface area (Å²) in [7, 11) is 3.35. The number of hydrogen-bond acceptors (Lipinski definition) is 0. The average molecular weight is 71.7 g/mol. The summed E-state index contributed by atoms with van der Waals surface area (Å²) in [5.74, 6) is 0. The summed E-state index contributed by atoms with van der Waals surface area (Å²) < 4.78 is 0. The van der Waals surface area contributed by atoms with Gasteiger partial charge in [-0.3, -0.25) is 0 Å². The Hall–Kier alpha value is 0.560. The molecular formula is CH7B2P. The second-order valence-corrected chi connectivity index (χ2v) is 2.12. The molecule has 0 aromatic rings. The van der Waals surface area contributed by atoms with E-state index in [2.05, 4.69) is 14.4 Å². The average Bonchev–Trinajstić information content (AvgIpc) is 1.37. The molecule has 1 unspecified atom stereocenters. The second-order valence-electron chi connectivity index (χ2n) is 0.707. The van der Waals surface area contributed by atoms with E-state index in [9.17, 15) is 0 Å². The monoisotopic (exact) mass is 72.0 g/mol. The van der Waals surface area contributed by atoms with Crippen LogP contribution in [0.15, 0.2) is 0 Å². The van der Waals surface area contributed by atoms with E-state index in [0.717, 1.165) is 8.34 Å². The lowest BCUT2D eigenvalue weighted by molar-refractivity contribution is 2.38. The van der Waals surface area contributed by atoms with Crippen molar-refractivity contribution in [2.75, 3.05) is 0 Å². The Morgan fingerprint density at radius 2 is 2.25 bits per heavy atom. The van der Waals surface area contributed by atoms with Crippen molar-refractivity contribution in [2.24, 2.45) is 0 Å². The van der Waals surface area contributed by atoms with Crippen molar-refractivity contribution < 1.29 is 0 Å². The smallest absolute Gasteiger partial charge is 0.135 e. The van der Waals surface area contributed by atoms with Crippen molar-refractivity contribution in [3.63, 3.8) is 0 Å². The molecule has 0 saturated carbocycles. The van der Waals surface area contributed by atoms with Crippen LogP contribution in [0, 0.1) is 0 Å². The van der Waals surface area contributed by atoms with Gasteiger partial charge < -0.3 is 0 Å². The van der Waals surface area contributed by atoms with Gasteiger partial charge in [0.25, 0.3) is 0 Å². The highest BCUT2D eigenvalue weighted by atomic mass is 31.1. The molecule has 3 heteroatoms. The summed E-state index contributed by atoms with van der Waals surface area (Å²) in [6.45, 7) is 3.54. The summed E-state index contributed by atoms with van der Waals surface area (Å²) >= 11 is 0. The molecule has 0 N–H and O–H groups in total. The van der Waals surface area contributed by atoms with Gasteiger partial charge in [0.15, 0.2) is 0 Å². The minimum atomic E-state index is 1.14. The Morgan fingerprint density at radius 3 is 2.25 bits per heavy atom. The van der Waals surface area contributed by atoms with Crippen molar-refractivity contribution in [3.05, 3.63) is 0 Å². The van der Waals surface area contributed by atoms with Gasteiger partial charge in [-0.1, -0.05) is 6.82 Å². The molecule has 0 fully saturated rings. The van der Waals surface area contributed by atoms with Gasteiger partial charge in [0.1, 0.15) is 14.6 Å². The van der Waals surface area contributed by atoms with Gasteiger partial charge in [-0.05, 0) is 0 Å². The van der Waals surface area contributed by atoms with Crippen LogP contribution in [0.3, 0.4) is 0 Å². The van der Waals surface area contributed by atoms with E-state index in [0.29, 0.717) is 0 Å². The Kier molecular flexibility index (Phi) is 4.06. The third kappa shape index (κ3) is 2.56. The Morgan fingerprint density at radius 1 is 2.00 bits per heavy atom. The van der Waals surface area contributed by atoms with Gasteiger partial charge in [0, 0.05) is 0 Å². The highest BCUT2D eigenvalue weighted by molar-refractivity contribution is 7.90. The molecule has 0 amide bonds. The van der Waals surface area contributed by atoms with Gasteiger partial charge in [0.05, 0.1) is 0 Å². The van der Waals surface area contributed by atoms with Crippen LogP contribution in [-0.4, -0.2) is 14.6 Å². The van der Waals surface area contributed by atoms with Crippen molar-refractivity contribution in [1.29, 1.82) is 0 Å². The van der Waals surface area contributed by atoms with Gasteiger partial charge in [0.2, 0.25) is 0 Å². The number of rotatable bonds is 1. The predicted molar refractivity (Wildman–Crippen MR) is 29.9 cm³/mol. The van der Waals surface area contributed by atoms with Crippen LogP contribution in [0.1, 0.15) is 0 Å². The van der Waals surface area contributed by atoms with Crippen molar-refractivity contribution >= 4 is 22.9 Å². The molecule has 0 aromatic heterocycles. The Labute approximate surface area is 30.7 Å². The maximum Gasteiger partial charge on any atom is 0.135 e. The molecule has 1 atom stereocenters. The zero-order valence-corrected chi connectivity index (χ0v) is 4.21. The fourth-order valence-corrected chi connectivity index (χ4v) is 0. The topological polar surface area (TPSA) is 0 Å². The summed E-state index contributed by atoms with van der Waals surface area (Å²) in [5.41, 5.74) is 0. The standard InChI is InChI=1S/CH7B2P/c1-3-4-2/h3-4H,2H2,1H3. The van der Waals surface area contributed by atoms with Crippen molar-refractivity contribution in [3.8, 4) is 0 Å². The molecule has 0 aliphatic carbocycles. The van der Waals surface area contributed by atoms with Gasteiger partial charge in [-0.15, -0.1) is 0 Å². The molecule has 0 radical (unpaired) electrons. The van der Waals surface area contributed by atoms with E-state index in [1.165, 1.54) is 7.00 Å². The first kappa shape index (κ1) is 4.56. The van der Waals surface area contributed by atoms with Crippen molar-refractivity contribution in [1.82, 2.24) is 0 Å². The highest BCUT2D eigenvalue weighted by Gasteiger charge is 1.61. The molecule has 4 heavy (non-hydrogen) atoms. The molecule has 22 valence electrons. The SMILES string of the molecule is BPBC. The van der Waals surface area contributed by atoms with Crippen molar-refractivity contribution in [2.45, 2.75) is 6.82 Å². The zero-order chi connectivity index (χ0) is 3.41.